The van der Waals surface area contributed by atoms with E-state index < -0.39 is 0 Å². The van der Waals surface area contributed by atoms with E-state index in [1.807, 2.05) is 12.4 Å². The van der Waals surface area contributed by atoms with Crippen LogP contribution in [0.4, 0.5) is 5.95 Å². The van der Waals surface area contributed by atoms with Crippen LogP contribution in [0.3, 0.4) is 0 Å². The van der Waals surface area contributed by atoms with Gasteiger partial charge in [0.15, 0.2) is 0 Å². The minimum absolute atomic E-state index is 0.00920. The molecule has 1 unspecified atom stereocenters. The number of rotatable bonds is 7. The first-order valence-corrected chi connectivity index (χ1v) is 12.0. The van der Waals surface area contributed by atoms with Gasteiger partial charge in [0.25, 0.3) is 0 Å². The second-order valence-corrected chi connectivity index (χ2v) is 10.2. The number of hydrogen-bond donors (Lipinski definition) is 1. The fourth-order valence-corrected chi connectivity index (χ4v) is 5.33. The van der Waals surface area contributed by atoms with Crippen molar-refractivity contribution in [3.8, 4) is 21.6 Å². The summed E-state index contributed by atoms with van der Waals surface area (Å²) in [5.74, 6) is 0.851. The van der Waals surface area contributed by atoms with Gasteiger partial charge in [0.2, 0.25) is 11.9 Å². The number of nitrogen functional groups attached to an aromatic ring is 1. The van der Waals surface area contributed by atoms with Crippen LogP contribution >= 0.6 is 11.3 Å². The average molecular weight is 474 g/mol. The van der Waals surface area contributed by atoms with Crippen molar-refractivity contribution in [1.29, 1.82) is 0 Å². The monoisotopic (exact) mass is 473 g/mol. The van der Waals surface area contributed by atoms with Gasteiger partial charge in [-0.3, -0.25) is 9.48 Å². The molecule has 0 spiro atoms. The maximum Gasteiger partial charge on any atom is 0.243 e. The Morgan fingerprint density at radius 2 is 1.76 bits per heavy atom. The van der Waals surface area contributed by atoms with Crippen molar-refractivity contribution in [3.05, 3.63) is 65.8 Å². The number of benzene rings is 1. The van der Waals surface area contributed by atoms with E-state index in [1.54, 1.807) is 53.6 Å². The molecule has 1 aliphatic rings. The molecule has 0 saturated heterocycles. The summed E-state index contributed by atoms with van der Waals surface area (Å²) in [6, 6.07) is 8.61. The van der Waals surface area contributed by atoms with Crippen LogP contribution in [0.25, 0.3) is 21.6 Å². The molecule has 1 aliphatic carbocycles. The molecule has 4 aromatic rings. The molecule has 174 valence electrons. The Morgan fingerprint density at radius 3 is 2.41 bits per heavy atom. The summed E-state index contributed by atoms with van der Waals surface area (Å²) in [6.45, 7) is 2.53. The lowest BCUT2D eigenvalue weighted by Gasteiger charge is -2.28. The highest BCUT2D eigenvalue weighted by Crippen LogP contribution is 2.52. The van der Waals surface area contributed by atoms with Crippen molar-refractivity contribution in [3.63, 3.8) is 0 Å². The number of carbonyl (C=O) groups is 1. The SMILES string of the molecule is CN(C)C(=O)Cn1cc(-c2cnc(C(C)(c3ccc(-c4cnc(N)nc4)cc3)C3CC3)s2)cn1. The first-order chi connectivity index (χ1) is 16.3. The standard InChI is InChI=1S/C25H27N7OS/c1-25(20-8-9-20,19-6-4-16(5-7-19)17-10-28-24(26)29-11-17)23-27-13-21(34-23)18-12-30-32(14-18)15-22(33)31(2)3/h4-7,10-14,20H,8-9,15H2,1-3H3,(H2,26,28,29). The number of thiazole rings is 1. The van der Waals surface area contributed by atoms with E-state index in [1.165, 1.54) is 18.4 Å². The van der Waals surface area contributed by atoms with Crippen LogP contribution in [0.5, 0.6) is 0 Å². The van der Waals surface area contributed by atoms with Crippen molar-refractivity contribution in [1.82, 2.24) is 29.6 Å². The molecule has 3 heterocycles. The van der Waals surface area contributed by atoms with Gasteiger partial charge in [-0.15, -0.1) is 11.3 Å². The highest BCUT2D eigenvalue weighted by molar-refractivity contribution is 7.15. The van der Waals surface area contributed by atoms with Gasteiger partial charge in [-0.1, -0.05) is 24.3 Å². The summed E-state index contributed by atoms with van der Waals surface area (Å²) in [4.78, 5) is 27.7. The number of hydrogen-bond acceptors (Lipinski definition) is 7. The van der Waals surface area contributed by atoms with E-state index >= 15 is 0 Å². The van der Waals surface area contributed by atoms with Gasteiger partial charge in [-0.25, -0.2) is 15.0 Å². The van der Waals surface area contributed by atoms with Crippen LogP contribution < -0.4 is 5.73 Å². The molecular weight excluding hydrogens is 446 g/mol. The zero-order chi connectivity index (χ0) is 23.9. The number of amides is 1. The number of nitrogens with zero attached hydrogens (tertiary/aromatic N) is 6. The van der Waals surface area contributed by atoms with Gasteiger partial charge in [0, 0.05) is 55.4 Å². The lowest BCUT2D eigenvalue weighted by molar-refractivity contribution is -0.129. The molecule has 9 heteroatoms. The molecule has 5 rings (SSSR count). The molecular formula is C25H27N7OS. The highest BCUT2D eigenvalue weighted by Gasteiger charge is 2.46. The molecule has 1 fully saturated rings. The molecule has 0 aliphatic heterocycles. The topological polar surface area (TPSA) is 103 Å². The third-order valence-electron chi connectivity index (χ3n) is 6.55. The van der Waals surface area contributed by atoms with Gasteiger partial charge in [-0.2, -0.15) is 5.10 Å². The first-order valence-electron chi connectivity index (χ1n) is 11.2. The Labute approximate surface area is 202 Å². The largest absolute Gasteiger partial charge is 0.368 e. The lowest BCUT2D eigenvalue weighted by Crippen LogP contribution is -2.26. The van der Waals surface area contributed by atoms with Crippen molar-refractivity contribution in [2.75, 3.05) is 19.8 Å². The van der Waals surface area contributed by atoms with Crippen LogP contribution in [0.1, 0.15) is 30.3 Å². The summed E-state index contributed by atoms with van der Waals surface area (Å²) < 4.78 is 1.68. The Balaban J connectivity index is 1.41. The molecule has 8 nitrogen and oxygen atoms in total. The summed E-state index contributed by atoms with van der Waals surface area (Å²) in [5, 5.41) is 5.47. The second-order valence-electron chi connectivity index (χ2n) is 9.13. The van der Waals surface area contributed by atoms with Gasteiger partial charge >= 0.3 is 0 Å². The predicted octanol–water partition coefficient (Wildman–Crippen LogP) is 3.85. The van der Waals surface area contributed by atoms with Crippen molar-refractivity contribution >= 4 is 23.2 Å². The number of nitrogens with two attached hydrogens (primary N) is 1. The number of anilines is 1. The lowest BCUT2D eigenvalue weighted by atomic mass is 9.78. The quantitative estimate of drug-likeness (QED) is 0.437. The number of aromatic nitrogens is 5. The Hall–Kier alpha value is -3.59. The van der Waals surface area contributed by atoms with E-state index in [0.717, 1.165) is 26.6 Å². The zero-order valence-corrected chi connectivity index (χ0v) is 20.3. The fraction of sp³-hybridized carbons (Fsp3) is 0.320. The molecule has 1 amide bonds. The van der Waals surface area contributed by atoms with Crippen LogP contribution in [-0.4, -0.2) is 49.6 Å². The fourth-order valence-electron chi connectivity index (χ4n) is 4.20. The molecule has 3 aromatic heterocycles. The third-order valence-corrected chi connectivity index (χ3v) is 7.83. The maximum absolute atomic E-state index is 12.0. The van der Waals surface area contributed by atoms with E-state index in [9.17, 15) is 4.79 Å². The summed E-state index contributed by atoms with van der Waals surface area (Å²) in [6.07, 6.45) is 11.5. The minimum atomic E-state index is -0.157. The van der Waals surface area contributed by atoms with Crippen LogP contribution in [0.15, 0.2) is 55.2 Å². The Morgan fingerprint density at radius 1 is 1.06 bits per heavy atom. The predicted molar refractivity (Wildman–Crippen MR) is 133 cm³/mol. The third kappa shape index (κ3) is 4.19. The Kier molecular flexibility index (Phi) is 5.65. The van der Waals surface area contributed by atoms with Gasteiger partial charge in [0.1, 0.15) is 11.6 Å². The van der Waals surface area contributed by atoms with Gasteiger partial charge in [-0.05, 0) is 36.8 Å². The smallest absolute Gasteiger partial charge is 0.243 e. The summed E-state index contributed by atoms with van der Waals surface area (Å²) in [7, 11) is 3.49. The Bertz CT molecular complexity index is 1310. The minimum Gasteiger partial charge on any atom is -0.368 e. The van der Waals surface area contributed by atoms with E-state index in [-0.39, 0.29) is 23.8 Å². The summed E-state index contributed by atoms with van der Waals surface area (Å²) >= 11 is 1.70. The maximum atomic E-state index is 12.0. The molecule has 1 atom stereocenters. The molecule has 0 bridgehead atoms. The number of likely N-dealkylation sites (N-methyl/N-ethyl adjacent to an activating group) is 1. The highest BCUT2D eigenvalue weighted by atomic mass is 32.1. The molecule has 34 heavy (non-hydrogen) atoms. The second kappa shape index (κ2) is 8.64. The molecule has 1 aromatic carbocycles. The normalized spacial score (nSPS) is 15.1. The van der Waals surface area contributed by atoms with Crippen LogP contribution in [-0.2, 0) is 16.8 Å². The van der Waals surface area contributed by atoms with Crippen molar-refractivity contribution < 1.29 is 4.79 Å². The van der Waals surface area contributed by atoms with Crippen molar-refractivity contribution in [2.45, 2.75) is 31.7 Å². The van der Waals surface area contributed by atoms with Gasteiger partial charge in [0.05, 0.1) is 11.1 Å². The van der Waals surface area contributed by atoms with Crippen molar-refractivity contribution in [2.24, 2.45) is 5.92 Å². The zero-order valence-electron chi connectivity index (χ0n) is 19.5. The summed E-state index contributed by atoms with van der Waals surface area (Å²) in [5.41, 5.74) is 9.69. The number of carbonyl (C=O) groups excluding carboxylic acids is 1. The van der Waals surface area contributed by atoms with E-state index in [0.29, 0.717) is 5.92 Å². The molecule has 2 N–H and O–H groups in total. The van der Waals surface area contributed by atoms with E-state index in [4.69, 9.17) is 10.7 Å². The molecule has 1 saturated carbocycles. The average Bonchev–Trinajstić information content (AvgIpc) is 3.39. The first kappa shape index (κ1) is 22.2. The molecule has 0 radical (unpaired) electrons. The van der Waals surface area contributed by atoms with E-state index in [2.05, 4.69) is 46.3 Å². The van der Waals surface area contributed by atoms with Crippen LogP contribution in [0, 0.1) is 5.92 Å². The van der Waals surface area contributed by atoms with Gasteiger partial charge < -0.3 is 10.6 Å². The van der Waals surface area contributed by atoms with Crippen LogP contribution in [0.2, 0.25) is 0 Å².